The van der Waals surface area contributed by atoms with Crippen molar-refractivity contribution < 1.29 is 13.2 Å². The van der Waals surface area contributed by atoms with E-state index in [1.807, 2.05) is 31.2 Å². The Kier molecular flexibility index (Phi) is 5.30. The number of rotatable bonds is 5. The van der Waals surface area contributed by atoms with Gasteiger partial charge in [0.25, 0.3) is 0 Å². The molecule has 3 rings (SSSR count). The standard InChI is InChI=1S/C20H19F3N4/c1-13-6-8-15(9-7-13)12-24-19-25-14(2)10-18(27-19)26-17-5-3-4-16(11-17)20(21,22)23/h3-11H,12H2,1-2H3,(H2,24,25,26,27). The van der Waals surface area contributed by atoms with Crippen molar-refractivity contribution >= 4 is 17.5 Å². The van der Waals surface area contributed by atoms with Crippen molar-refractivity contribution in [1.29, 1.82) is 0 Å². The molecule has 3 aromatic rings. The first-order valence-corrected chi connectivity index (χ1v) is 8.39. The third kappa shape index (κ3) is 5.20. The first kappa shape index (κ1) is 18.7. The van der Waals surface area contributed by atoms with Crippen LogP contribution < -0.4 is 10.6 Å². The molecule has 0 spiro atoms. The molecule has 0 aliphatic carbocycles. The summed E-state index contributed by atoms with van der Waals surface area (Å²) in [6.07, 6.45) is -4.39. The Morgan fingerprint density at radius 2 is 1.67 bits per heavy atom. The molecule has 0 saturated heterocycles. The number of anilines is 3. The van der Waals surface area contributed by atoms with Crippen molar-refractivity contribution in [3.63, 3.8) is 0 Å². The summed E-state index contributed by atoms with van der Waals surface area (Å²) in [4.78, 5) is 8.66. The minimum Gasteiger partial charge on any atom is -0.350 e. The molecule has 1 heterocycles. The predicted molar refractivity (Wildman–Crippen MR) is 100 cm³/mol. The second kappa shape index (κ2) is 7.65. The zero-order valence-corrected chi connectivity index (χ0v) is 14.9. The zero-order valence-electron chi connectivity index (χ0n) is 14.9. The van der Waals surface area contributed by atoms with Crippen LogP contribution in [0.2, 0.25) is 0 Å². The second-order valence-electron chi connectivity index (χ2n) is 6.26. The number of alkyl halides is 3. The molecule has 0 saturated carbocycles. The van der Waals surface area contributed by atoms with Crippen LogP contribution >= 0.6 is 0 Å². The van der Waals surface area contributed by atoms with Crippen LogP contribution in [0.25, 0.3) is 0 Å². The average molecular weight is 372 g/mol. The fourth-order valence-corrected chi connectivity index (χ4v) is 2.52. The van der Waals surface area contributed by atoms with Crippen molar-refractivity contribution in [1.82, 2.24) is 9.97 Å². The topological polar surface area (TPSA) is 49.8 Å². The minimum absolute atomic E-state index is 0.312. The first-order valence-electron chi connectivity index (χ1n) is 8.39. The van der Waals surface area contributed by atoms with Crippen LogP contribution in [0.15, 0.2) is 54.6 Å². The summed E-state index contributed by atoms with van der Waals surface area (Å²) >= 11 is 0. The van der Waals surface area contributed by atoms with E-state index >= 15 is 0 Å². The van der Waals surface area contributed by atoms with Crippen LogP contribution in [-0.4, -0.2) is 9.97 Å². The Hall–Kier alpha value is -3.09. The Balaban J connectivity index is 1.74. The third-order valence-corrected chi connectivity index (χ3v) is 3.89. The molecular formula is C20H19F3N4. The lowest BCUT2D eigenvalue weighted by molar-refractivity contribution is -0.137. The van der Waals surface area contributed by atoms with Gasteiger partial charge in [-0.2, -0.15) is 18.2 Å². The lowest BCUT2D eigenvalue weighted by Crippen LogP contribution is -2.07. The van der Waals surface area contributed by atoms with Gasteiger partial charge >= 0.3 is 6.18 Å². The number of aromatic nitrogens is 2. The lowest BCUT2D eigenvalue weighted by atomic mass is 10.1. The molecule has 0 aliphatic heterocycles. The van der Waals surface area contributed by atoms with E-state index in [0.29, 0.717) is 29.7 Å². The second-order valence-corrected chi connectivity index (χ2v) is 6.26. The van der Waals surface area contributed by atoms with Crippen LogP contribution in [0, 0.1) is 13.8 Å². The number of aryl methyl sites for hydroxylation is 2. The van der Waals surface area contributed by atoms with Crippen LogP contribution in [0.4, 0.5) is 30.6 Å². The molecule has 0 radical (unpaired) electrons. The molecule has 2 N–H and O–H groups in total. The summed E-state index contributed by atoms with van der Waals surface area (Å²) in [5, 5.41) is 6.05. The predicted octanol–water partition coefficient (Wildman–Crippen LogP) is 5.47. The van der Waals surface area contributed by atoms with E-state index < -0.39 is 11.7 Å². The molecule has 2 aromatic carbocycles. The van der Waals surface area contributed by atoms with Crippen LogP contribution in [-0.2, 0) is 12.7 Å². The highest BCUT2D eigenvalue weighted by molar-refractivity contribution is 5.58. The van der Waals surface area contributed by atoms with Gasteiger partial charge in [-0.05, 0) is 37.6 Å². The Morgan fingerprint density at radius 1 is 0.926 bits per heavy atom. The van der Waals surface area contributed by atoms with Crippen LogP contribution in [0.1, 0.15) is 22.4 Å². The molecule has 0 bridgehead atoms. The van der Waals surface area contributed by atoms with Gasteiger partial charge < -0.3 is 10.6 Å². The monoisotopic (exact) mass is 372 g/mol. The molecule has 0 atom stereocenters. The number of nitrogens with zero attached hydrogens (tertiary/aromatic N) is 2. The highest BCUT2D eigenvalue weighted by Crippen LogP contribution is 2.31. The van der Waals surface area contributed by atoms with Gasteiger partial charge in [0.05, 0.1) is 5.56 Å². The van der Waals surface area contributed by atoms with Crippen molar-refractivity contribution in [2.24, 2.45) is 0 Å². The van der Waals surface area contributed by atoms with E-state index in [0.717, 1.165) is 17.7 Å². The fraction of sp³-hybridized carbons (Fsp3) is 0.200. The maximum absolute atomic E-state index is 12.9. The molecule has 7 heteroatoms. The molecule has 140 valence electrons. The molecule has 0 amide bonds. The van der Waals surface area contributed by atoms with Gasteiger partial charge in [0.1, 0.15) is 5.82 Å². The highest BCUT2D eigenvalue weighted by Gasteiger charge is 2.30. The summed E-state index contributed by atoms with van der Waals surface area (Å²) in [6.45, 7) is 4.37. The van der Waals surface area contributed by atoms with E-state index in [9.17, 15) is 13.2 Å². The molecule has 4 nitrogen and oxygen atoms in total. The highest BCUT2D eigenvalue weighted by atomic mass is 19.4. The van der Waals surface area contributed by atoms with Crippen LogP contribution in [0.3, 0.4) is 0 Å². The largest absolute Gasteiger partial charge is 0.416 e. The van der Waals surface area contributed by atoms with Gasteiger partial charge in [-0.3, -0.25) is 0 Å². The first-order chi connectivity index (χ1) is 12.8. The fourth-order valence-electron chi connectivity index (χ4n) is 2.52. The quantitative estimate of drug-likeness (QED) is 0.624. The number of hydrogen-bond donors (Lipinski definition) is 2. The van der Waals surface area contributed by atoms with Crippen molar-refractivity contribution in [3.05, 3.63) is 77.0 Å². The number of halogens is 3. The van der Waals surface area contributed by atoms with Gasteiger partial charge in [0, 0.05) is 24.0 Å². The summed E-state index contributed by atoms with van der Waals surface area (Å²) < 4.78 is 38.6. The van der Waals surface area contributed by atoms with Crippen molar-refractivity contribution in [2.45, 2.75) is 26.6 Å². The SMILES string of the molecule is Cc1ccc(CNc2nc(C)cc(Nc3cccc(C(F)(F)F)c3)n2)cc1. The van der Waals surface area contributed by atoms with Crippen molar-refractivity contribution in [2.75, 3.05) is 10.6 Å². The average Bonchev–Trinajstić information content (AvgIpc) is 2.60. The smallest absolute Gasteiger partial charge is 0.350 e. The lowest BCUT2D eigenvalue weighted by Gasteiger charge is -2.12. The maximum atomic E-state index is 12.9. The van der Waals surface area contributed by atoms with E-state index in [1.54, 1.807) is 19.1 Å². The third-order valence-electron chi connectivity index (χ3n) is 3.89. The summed E-state index contributed by atoms with van der Waals surface area (Å²) in [5.41, 5.74) is 2.56. The minimum atomic E-state index is -4.39. The Bertz CT molecular complexity index is 921. The van der Waals surface area contributed by atoms with E-state index in [-0.39, 0.29) is 0 Å². The van der Waals surface area contributed by atoms with Crippen LogP contribution in [0.5, 0.6) is 0 Å². The number of benzene rings is 2. The van der Waals surface area contributed by atoms with Crippen molar-refractivity contribution in [3.8, 4) is 0 Å². The molecule has 0 aliphatic rings. The van der Waals surface area contributed by atoms with Gasteiger partial charge in [-0.25, -0.2) is 4.98 Å². The van der Waals surface area contributed by atoms with E-state index in [2.05, 4.69) is 20.6 Å². The van der Waals surface area contributed by atoms with E-state index in [1.165, 1.54) is 11.6 Å². The Morgan fingerprint density at radius 3 is 2.37 bits per heavy atom. The summed E-state index contributed by atoms with van der Waals surface area (Å²) in [7, 11) is 0. The van der Waals surface area contributed by atoms with E-state index in [4.69, 9.17) is 0 Å². The summed E-state index contributed by atoms with van der Waals surface area (Å²) in [6, 6.07) is 14.8. The maximum Gasteiger partial charge on any atom is 0.416 e. The molecule has 1 aromatic heterocycles. The zero-order chi connectivity index (χ0) is 19.4. The Labute approximate surface area is 155 Å². The number of hydrogen-bond acceptors (Lipinski definition) is 4. The van der Waals surface area contributed by atoms with Gasteiger partial charge in [0.15, 0.2) is 0 Å². The molecule has 0 unspecified atom stereocenters. The molecular weight excluding hydrogens is 353 g/mol. The normalized spacial score (nSPS) is 11.3. The van der Waals surface area contributed by atoms with Gasteiger partial charge in [0.2, 0.25) is 5.95 Å². The molecule has 27 heavy (non-hydrogen) atoms. The number of nitrogens with one attached hydrogen (secondary N) is 2. The summed E-state index contributed by atoms with van der Waals surface area (Å²) in [5.74, 6) is 0.832. The van der Waals surface area contributed by atoms with Gasteiger partial charge in [-0.15, -0.1) is 0 Å². The van der Waals surface area contributed by atoms with Gasteiger partial charge in [-0.1, -0.05) is 35.9 Å². The molecule has 0 fully saturated rings.